The van der Waals surface area contributed by atoms with E-state index in [1.165, 1.54) is 17.0 Å². The Kier molecular flexibility index (Phi) is 4.82. The van der Waals surface area contributed by atoms with Crippen molar-refractivity contribution in [3.63, 3.8) is 0 Å². The fraction of sp³-hybridized carbons (Fsp3) is 0.217. The lowest BCUT2D eigenvalue weighted by Gasteiger charge is -2.34. The number of fused-ring (bicyclic) bond motifs is 3. The molecule has 28 heavy (non-hydrogen) atoms. The van der Waals surface area contributed by atoms with Crippen LogP contribution in [0, 0.1) is 5.82 Å². The lowest BCUT2D eigenvalue weighted by molar-refractivity contribution is -0.142. The molecule has 1 heterocycles. The lowest BCUT2D eigenvalue weighted by atomic mass is 9.81. The van der Waals surface area contributed by atoms with E-state index in [4.69, 9.17) is 4.74 Å². The van der Waals surface area contributed by atoms with Crippen LogP contribution in [-0.2, 0) is 14.3 Å². The second kappa shape index (κ2) is 7.43. The number of carbonyl (C=O) groups is 2. The fourth-order valence-corrected chi connectivity index (χ4v) is 3.90. The third kappa shape index (κ3) is 3.24. The van der Waals surface area contributed by atoms with Crippen LogP contribution in [0.1, 0.15) is 30.4 Å². The van der Waals surface area contributed by atoms with Gasteiger partial charge in [0.2, 0.25) is 5.91 Å². The van der Waals surface area contributed by atoms with E-state index in [-0.39, 0.29) is 37.2 Å². The van der Waals surface area contributed by atoms with E-state index < -0.39 is 5.97 Å². The maximum atomic E-state index is 13.4. The van der Waals surface area contributed by atoms with E-state index >= 15 is 0 Å². The van der Waals surface area contributed by atoms with Crippen LogP contribution in [0.3, 0.4) is 0 Å². The number of halogens is 1. The maximum absolute atomic E-state index is 13.4. The van der Waals surface area contributed by atoms with Gasteiger partial charge in [-0.05, 0) is 47.0 Å². The molecule has 0 bridgehead atoms. The summed E-state index contributed by atoms with van der Waals surface area (Å²) in [5.74, 6) is -1.10. The molecule has 0 spiro atoms. The number of ether oxygens (including phenoxy) is 1. The summed E-state index contributed by atoms with van der Waals surface area (Å²) in [4.78, 5) is 26.5. The Morgan fingerprint density at radius 2 is 1.86 bits per heavy atom. The van der Waals surface area contributed by atoms with Gasteiger partial charge in [0.25, 0.3) is 0 Å². The Hall–Kier alpha value is -3.21. The van der Waals surface area contributed by atoms with Crippen LogP contribution in [-0.4, -0.2) is 25.0 Å². The van der Waals surface area contributed by atoms with Gasteiger partial charge in [0.1, 0.15) is 12.4 Å². The molecule has 1 aliphatic heterocycles. The third-order valence-corrected chi connectivity index (χ3v) is 5.13. The minimum absolute atomic E-state index is 0.117. The van der Waals surface area contributed by atoms with Crippen LogP contribution >= 0.6 is 0 Å². The monoisotopic (exact) mass is 377 g/mol. The van der Waals surface area contributed by atoms with Gasteiger partial charge in [0.05, 0.1) is 6.61 Å². The standard InChI is InChI=1S/C23H20FNO3/c1-2-28-22(27)14-25-20-12-9-15-5-3-4-6-18(15)23(20)19(13-21(25)26)16-7-10-17(24)11-8-16/h3-12,19H,2,13-14H2,1H3. The van der Waals surface area contributed by atoms with Crippen molar-refractivity contribution in [1.82, 2.24) is 0 Å². The summed E-state index contributed by atoms with van der Waals surface area (Å²) in [5.41, 5.74) is 2.56. The van der Waals surface area contributed by atoms with Crippen LogP contribution in [0.2, 0.25) is 0 Å². The Balaban J connectivity index is 1.88. The molecule has 4 rings (SSSR count). The summed E-state index contributed by atoms with van der Waals surface area (Å²) < 4.78 is 18.5. The molecule has 1 atom stereocenters. The molecule has 1 amide bonds. The lowest BCUT2D eigenvalue weighted by Crippen LogP contribution is -2.41. The molecule has 0 fully saturated rings. The first-order chi connectivity index (χ1) is 13.6. The number of benzene rings is 3. The zero-order valence-corrected chi connectivity index (χ0v) is 15.5. The van der Waals surface area contributed by atoms with Gasteiger partial charge < -0.3 is 9.64 Å². The molecule has 1 unspecified atom stereocenters. The highest BCUT2D eigenvalue weighted by Gasteiger charge is 2.34. The van der Waals surface area contributed by atoms with Gasteiger partial charge in [-0.1, -0.05) is 42.5 Å². The van der Waals surface area contributed by atoms with E-state index in [0.29, 0.717) is 5.69 Å². The number of esters is 1. The minimum Gasteiger partial charge on any atom is -0.465 e. The first-order valence-corrected chi connectivity index (χ1v) is 9.31. The molecule has 0 aliphatic carbocycles. The molecule has 5 heteroatoms. The van der Waals surface area contributed by atoms with Crippen LogP contribution in [0.4, 0.5) is 10.1 Å². The highest BCUT2D eigenvalue weighted by atomic mass is 19.1. The van der Waals surface area contributed by atoms with Crippen molar-refractivity contribution >= 4 is 28.3 Å². The number of carbonyl (C=O) groups excluding carboxylic acids is 2. The molecule has 3 aromatic rings. The summed E-state index contributed by atoms with van der Waals surface area (Å²) >= 11 is 0. The van der Waals surface area contributed by atoms with Gasteiger partial charge >= 0.3 is 5.97 Å². The Labute approximate surface area is 162 Å². The van der Waals surface area contributed by atoms with E-state index in [2.05, 4.69) is 0 Å². The normalized spacial score (nSPS) is 16.1. The van der Waals surface area contributed by atoms with Crippen molar-refractivity contribution < 1.29 is 18.7 Å². The van der Waals surface area contributed by atoms with Crippen molar-refractivity contribution in [2.75, 3.05) is 18.1 Å². The average molecular weight is 377 g/mol. The number of rotatable bonds is 4. The predicted molar refractivity (Wildman–Crippen MR) is 106 cm³/mol. The number of amides is 1. The van der Waals surface area contributed by atoms with Crippen molar-refractivity contribution in [3.8, 4) is 0 Å². The molecular weight excluding hydrogens is 357 g/mol. The zero-order chi connectivity index (χ0) is 19.7. The van der Waals surface area contributed by atoms with Gasteiger partial charge in [0.15, 0.2) is 0 Å². The molecule has 0 saturated heterocycles. The second-order valence-electron chi connectivity index (χ2n) is 6.81. The number of hydrogen-bond donors (Lipinski definition) is 0. The molecule has 0 radical (unpaired) electrons. The largest absolute Gasteiger partial charge is 0.465 e. The van der Waals surface area contributed by atoms with Crippen LogP contribution in [0.25, 0.3) is 10.8 Å². The molecular formula is C23H20FNO3. The molecule has 4 nitrogen and oxygen atoms in total. The predicted octanol–water partition coefficient (Wildman–Crippen LogP) is 4.41. The number of hydrogen-bond acceptors (Lipinski definition) is 3. The van der Waals surface area contributed by atoms with Crippen molar-refractivity contribution in [2.24, 2.45) is 0 Å². The zero-order valence-electron chi connectivity index (χ0n) is 15.5. The van der Waals surface area contributed by atoms with E-state index in [1.807, 2.05) is 36.4 Å². The summed E-state index contributed by atoms with van der Waals surface area (Å²) in [6.07, 6.45) is 0.214. The highest BCUT2D eigenvalue weighted by molar-refractivity contribution is 6.05. The molecule has 142 valence electrons. The number of anilines is 1. The Morgan fingerprint density at radius 3 is 2.61 bits per heavy atom. The summed E-state index contributed by atoms with van der Waals surface area (Å²) in [7, 11) is 0. The highest BCUT2D eigenvalue weighted by Crippen LogP contribution is 2.43. The van der Waals surface area contributed by atoms with E-state index in [9.17, 15) is 14.0 Å². The molecule has 0 N–H and O–H groups in total. The quantitative estimate of drug-likeness (QED) is 0.633. The van der Waals surface area contributed by atoms with E-state index in [1.54, 1.807) is 19.1 Å². The smallest absolute Gasteiger partial charge is 0.326 e. The Bertz CT molecular complexity index is 1050. The minimum atomic E-state index is -0.435. The van der Waals surface area contributed by atoms with Gasteiger partial charge in [0, 0.05) is 18.0 Å². The van der Waals surface area contributed by atoms with Crippen LogP contribution in [0.15, 0.2) is 60.7 Å². The molecule has 1 aliphatic rings. The van der Waals surface area contributed by atoms with Crippen LogP contribution in [0.5, 0.6) is 0 Å². The van der Waals surface area contributed by atoms with Crippen molar-refractivity contribution in [1.29, 1.82) is 0 Å². The fourth-order valence-electron chi connectivity index (χ4n) is 3.90. The summed E-state index contributed by atoms with van der Waals surface area (Å²) in [6.45, 7) is 1.89. The van der Waals surface area contributed by atoms with E-state index in [0.717, 1.165) is 21.9 Å². The second-order valence-corrected chi connectivity index (χ2v) is 6.81. The van der Waals surface area contributed by atoms with Crippen molar-refractivity contribution in [3.05, 3.63) is 77.6 Å². The molecule has 3 aromatic carbocycles. The topological polar surface area (TPSA) is 46.6 Å². The van der Waals surface area contributed by atoms with Crippen molar-refractivity contribution in [2.45, 2.75) is 19.3 Å². The maximum Gasteiger partial charge on any atom is 0.326 e. The number of nitrogens with zero attached hydrogens (tertiary/aromatic N) is 1. The first-order valence-electron chi connectivity index (χ1n) is 9.31. The van der Waals surface area contributed by atoms with Gasteiger partial charge in [-0.15, -0.1) is 0 Å². The van der Waals surface area contributed by atoms with Crippen LogP contribution < -0.4 is 4.90 Å². The van der Waals surface area contributed by atoms with Gasteiger partial charge in [-0.25, -0.2) is 4.39 Å². The molecule has 0 aromatic heterocycles. The SMILES string of the molecule is CCOC(=O)CN1C(=O)CC(c2ccc(F)cc2)c2c1ccc1ccccc21. The molecule has 0 saturated carbocycles. The first kappa shape index (κ1) is 18.2. The Morgan fingerprint density at radius 1 is 1.11 bits per heavy atom. The van der Waals surface area contributed by atoms with Gasteiger partial charge in [-0.3, -0.25) is 9.59 Å². The average Bonchev–Trinajstić information content (AvgIpc) is 2.70. The van der Waals surface area contributed by atoms with Gasteiger partial charge in [-0.2, -0.15) is 0 Å². The summed E-state index contributed by atoms with van der Waals surface area (Å²) in [5, 5.41) is 2.08. The third-order valence-electron chi connectivity index (χ3n) is 5.13. The summed E-state index contributed by atoms with van der Waals surface area (Å²) in [6, 6.07) is 18.1.